The number of rotatable bonds is 7. The zero-order valence-corrected chi connectivity index (χ0v) is 14.7. The van der Waals surface area contributed by atoms with Crippen LogP contribution in [0.15, 0.2) is 18.2 Å². The lowest BCUT2D eigenvalue weighted by Gasteiger charge is -2.26. The summed E-state index contributed by atoms with van der Waals surface area (Å²) >= 11 is 0. The van der Waals surface area contributed by atoms with Gasteiger partial charge in [-0.05, 0) is 53.8 Å². The highest BCUT2D eigenvalue weighted by Crippen LogP contribution is 2.36. The zero-order chi connectivity index (χ0) is 16.0. The molecule has 2 atom stereocenters. The molecule has 0 bridgehead atoms. The predicted molar refractivity (Wildman–Crippen MR) is 92.2 cm³/mol. The number of nitrogens with two attached hydrogens (primary N) is 1. The Morgan fingerprint density at radius 1 is 1.19 bits per heavy atom. The first-order valence-corrected chi connectivity index (χ1v) is 8.28. The summed E-state index contributed by atoms with van der Waals surface area (Å²) in [5, 5.41) is 0. The summed E-state index contributed by atoms with van der Waals surface area (Å²) in [7, 11) is 0. The van der Waals surface area contributed by atoms with E-state index in [9.17, 15) is 0 Å². The van der Waals surface area contributed by atoms with Gasteiger partial charge in [0.1, 0.15) is 5.75 Å². The van der Waals surface area contributed by atoms with Crippen molar-refractivity contribution in [2.45, 2.75) is 65.7 Å². The first kappa shape index (κ1) is 18.0. The fraction of sp³-hybridized carbons (Fsp3) is 0.684. The van der Waals surface area contributed by atoms with E-state index in [-0.39, 0.29) is 5.41 Å². The quantitative estimate of drug-likeness (QED) is 0.778. The van der Waals surface area contributed by atoms with Crippen LogP contribution in [0.25, 0.3) is 0 Å². The topological polar surface area (TPSA) is 35.2 Å². The van der Waals surface area contributed by atoms with Gasteiger partial charge in [0.2, 0.25) is 0 Å². The molecule has 0 aromatic heterocycles. The van der Waals surface area contributed by atoms with Gasteiger partial charge in [0.15, 0.2) is 0 Å². The van der Waals surface area contributed by atoms with Crippen LogP contribution in [-0.4, -0.2) is 13.2 Å². The highest BCUT2D eigenvalue weighted by Gasteiger charge is 2.21. The van der Waals surface area contributed by atoms with E-state index in [1.54, 1.807) is 0 Å². The molecule has 2 heteroatoms. The minimum atomic E-state index is 0.162. The maximum atomic E-state index is 5.97. The highest BCUT2D eigenvalue weighted by molar-refractivity contribution is 5.42. The van der Waals surface area contributed by atoms with Crippen LogP contribution in [0.1, 0.15) is 71.4 Å². The van der Waals surface area contributed by atoms with Crippen molar-refractivity contribution in [1.29, 1.82) is 0 Å². The van der Waals surface area contributed by atoms with Crippen molar-refractivity contribution in [2.24, 2.45) is 11.7 Å². The summed E-state index contributed by atoms with van der Waals surface area (Å²) < 4.78 is 5.97. The Morgan fingerprint density at radius 3 is 2.38 bits per heavy atom. The lowest BCUT2D eigenvalue weighted by atomic mass is 9.81. The van der Waals surface area contributed by atoms with Crippen molar-refractivity contribution >= 4 is 0 Å². The van der Waals surface area contributed by atoms with Crippen molar-refractivity contribution in [1.82, 2.24) is 0 Å². The van der Waals surface area contributed by atoms with Gasteiger partial charge in [-0.15, -0.1) is 0 Å². The van der Waals surface area contributed by atoms with E-state index >= 15 is 0 Å². The van der Waals surface area contributed by atoms with Gasteiger partial charge in [-0.1, -0.05) is 53.7 Å². The van der Waals surface area contributed by atoms with Gasteiger partial charge < -0.3 is 10.5 Å². The minimum Gasteiger partial charge on any atom is -0.493 e. The zero-order valence-electron chi connectivity index (χ0n) is 14.7. The summed E-state index contributed by atoms with van der Waals surface area (Å²) in [6.45, 7) is 15.0. The molecular weight excluding hydrogens is 258 g/mol. The van der Waals surface area contributed by atoms with Crippen LogP contribution in [0, 0.1) is 5.92 Å². The standard InChI is InChI=1S/C19H33NO/c1-7-12-21-18-9-8-16(19(4,5)6)13-17(18)15(3)14(2)10-11-20/h8-9,13-15H,7,10-12,20H2,1-6H3. The summed E-state index contributed by atoms with van der Waals surface area (Å²) in [5.74, 6) is 2.07. The molecule has 2 unspecified atom stereocenters. The number of benzene rings is 1. The molecule has 0 aliphatic rings. The van der Waals surface area contributed by atoms with Crippen molar-refractivity contribution in [3.05, 3.63) is 29.3 Å². The second-order valence-corrected chi connectivity index (χ2v) is 7.19. The van der Waals surface area contributed by atoms with E-state index in [0.717, 1.165) is 31.7 Å². The van der Waals surface area contributed by atoms with Gasteiger partial charge in [-0.3, -0.25) is 0 Å². The average Bonchev–Trinajstić information content (AvgIpc) is 2.43. The van der Waals surface area contributed by atoms with Crippen LogP contribution >= 0.6 is 0 Å². The van der Waals surface area contributed by atoms with Gasteiger partial charge in [-0.2, -0.15) is 0 Å². The molecular formula is C19H33NO. The fourth-order valence-corrected chi connectivity index (χ4v) is 2.53. The molecule has 0 saturated heterocycles. The fourth-order valence-electron chi connectivity index (χ4n) is 2.53. The Morgan fingerprint density at radius 2 is 1.86 bits per heavy atom. The normalized spacial score (nSPS) is 14.8. The van der Waals surface area contributed by atoms with E-state index in [0.29, 0.717) is 11.8 Å². The monoisotopic (exact) mass is 291 g/mol. The largest absolute Gasteiger partial charge is 0.493 e. The summed E-state index contributed by atoms with van der Waals surface area (Å²) in [6.07, 6.45) is 2.08. The molecule has 0 fully saturated rings. The third-order valence-corrected chi connectivity index (χ3v) is 4.30. The van der Waals surface area contributed by atoms with Gasteiger partial charge in [-0.25, -0.2) is 0 Å². The summed E-state index contributed by atoms with van der Waals surface area (Å²) in [4.78, 5) is 0. The first-order valence-electron chi connectivity index (χ1n) is 8.28. The number of ether oxygens (including phenoxy) is 1. The Kier molecular flexibility index (Phi) is 6.73. The smallest absolute Gasteiger partial charge is 0.122 e. The number of hydrogen-bond acceptors (Lipinski definition) is 2. The molecule has 1 rings (SSSR count). The second-order valence-electron chi connectivity index (χ2n) is 7.19. The van der Waals surface area contributed by atoms with Crippen LogP contribution in [0.4, 0.5) is 0 Å². The predicted octanol–water partition coefficient (Wildman–Crippen LogP) is 4.86. The lowest BCUT2D eigenvalue weighted by molar-refractivity contribution is 0.308. The molecule has 2 nitrogen and oxygen atoms in total. The maximum Gasteiger partial charge on any atom is 0.122 e. The van der Waals surface area contributed by atoms with Crippen LogP contribution in [0.2, 0.25) is 0 Å². The molecule has 0 heterocycles. The molecule has 0 aliphatic carbocycles. The van der Waals surface area contributed by atoms with E-state index in [2.05, 4.69) is 59.7 Å². The van der Waals surface area contributed by atoms with Gasteiger partial charge in [0.05, 0.1) is 6.61 Å². The van der Waals surface area contributed by atoms with E-state index in [1.165, 1.54) is 11.1 Å². The molecule has 0 saturated carbocycles. The second kappa shape index (κ2) is 7.84. The van der Waals surface area contributed by atoms with Crippen molar-refractivity contribution in [3.63, 3.8) is 0 Å². The van der Waals surface area contributed by atoms with E-state index in [4.69, 9.17) is 10.5 Å². The Bertz CT molecular complexity index is 434. The van der Waals surface area contributed by atoms with E-state index < -0.39 is 0 Å². The highest BCUT2D eigenvalue weighted by atomic mass is 16.5. The average molecular weight is 291 g/mol. The number of hydrogen-bond donors (Lipinski definition) is 1. The molecule has 1 aromatic carbocycles. The van der Waals surface area contributed by atoms with Crippen molar-refractivity contribution in [3.8, 4) is 5.75 Å². The molecule has 0 aliphatic heterocycles. The van der Waals surface area contributed by atoms with Gasteiger partial charge in [0, 0.05) is 0 Å². The third-order valence-electron chi connectivity index (χ3n) is 4.30. The molecule has 0 spiro atoms. The maximum absolute atomic E-state index is 5.97. The Hall–Kier alpha value is -1.02. The molecule has 0 radical (unpaired) electrons. The Balaban J connectivity index is 3.15. The third kappa shape index (κ3) is 5.03. The Labute approximate surface area is 131 Å². The van der Waals surface area contributed by atoms with E-state index in [1.807, 2.05) is 0 Å². The lowest BCUT2D eigenvalue weighted by Crippen LogP contribution is -2.16. The molecule has 1 aromatic rings. The first-order chi connectivity index (χ1) is 9.81. The van der Waals surface area contributed by atoms with Crippen molar-refractivity contribution < 1.29 is 4.74 Å². The molecule has 120 valence electrons. The van der Waals surface area contributed by atoms with Crippen LogP contribution in [0.5, 0.6) is 5.75 Å². The van der Waals surface area contributed by atoms with Crippen LogP contribution in [-0.2, 0) is 5.41 Å². The van der Waals surface area contributed by atoms with Gasteiger partial charge >= 0.3 is 0 Å². The molecule has 2 N–H and O–H groups in total. The minimum absolute atomic E-state index is 0.162. The molecule has 0 amide bonds. The summed E-state index contributed by atoms with van der Waals surface area (Å²) in [6, 6.07) is 6.69. The van der Waals surface area contributed by atoms with Crippen LogP contribution in [0.3, 0.4) is 0 Å². The molecule has 21 heavy (non-hydrogen) atoms. The van der Waals surface area contributed by atoms with Crippen molar-refractivity contribution in [2.75, 3.05) is 13.2 Å². The van der Waals surface area contributed by atoms with Crippen LogP contribution < -0.4 is 10.5 Å². The van der Waals surface area contributed by atoms with Gasteiger partial charge in [0.25, 0.3) is 0 Å². The summed E-state index contributed by atoms with van der Waals surface area (Å²) in [5.41, 5.74) is 8.59. The SMILES string of the molecule is CCCOc1ccc(C(C)(C)C)cc1C(C)C(C)CCN.